The molecule has 6 rings (SSSR count). The Morgan fingerprint density at radius 3 is 2.76 bits per heavy atom. The first-order valence-electron chi connectivity index (χ1n) is 13.1. The quantitative estimate of drug-likeness (QED) is 0.672. The second-order valence-electron chi connectivity index (χ2n) is 10.8. The van der Waals surface area contributed by atoms with Crippen LogP contribution in [0.2, 0.25) is 0 Å². The molecule has 4 heterocycles. The van der Waals surface area contributed by atoms with Gasteiger partial charge in [-0.1, -0.05) is 13.0 Å². The zero-order valence-corrected chi connectivity index (χ0v) is 21.1. The highest BCUT2D eigenvalue weighted by Gasteiger charge is 2.35. The van der Waals surface area contributed by atoms with Gasteiger partial charge in [-0.05, 0) is 62.0 Å². The number of carbonyl (C=O) groups excluding carboxylic acids is 2. The number of carbonyl (C=O) groups is 2. The van der Waals surface area contributed by atoms with Crippen LogP contribution in [0.3, 0.4) is 0 Å². The van der Waals surface area contributed by atoms with Crippen LogP contribution in [-0.4, -0.2) is 44.2 Å². The van der Waals surface area contributed by atoms with Gasteiger partial charge in [-0.15, -0.1) is 5.10 Å². The van der Waals surface area contributed by atoms with Crippen LogP contribution in [0.5, 0.6) is 0 Å². The maximum absolute atomic E-state index is 14.7. The zero-order valence-electron chi connectivity index (χ0n) is 21.1. The third kappa shape index (κ3) is 4.42. The number of fused-ring (bicyclic) bond motifs is 2. The summed E-state index contributed by atoms with van der Waals surface area (Å²) in [5, 5.41) is 7.23. The largest absolute Gasteiger partial charge is 0.337 e. The first-order valence-corrected chi connectivity index (χ1v) is 13.1. The molecule has 4 aliphatic rings. The Kier molecular flexibility index (Phi) is 5.84. The summed E-state index contributed by atoms with van der Waals surface area (Å²) in [7, 11) is 1.63. The van der Waals surface area contributed by atoms with E-state index in [2.05, 4.69) is 15.4 Å². The average molecular weight is 507 g/mol. The third-order valence-corrected chi connectivity index (χ3v) is 7.95. The molecule has 1 N–H and O–H groups in total. The van der Waals surface area contributed by atoms with E-state index in [1.54, 1.807) is 22.4 Å². The summed E-state index contributed by atoms with van der Waals surface area (Å²) in [6, 6.07) is 0.473. The number of aryl methyl sites for hydroxylation is 2. The fourth-order valence-corrected chi connectivity index (χ4v) is 5.64. The molecule has 1 saturated carbocycles. The highest BCUT2D eigenvalue weighted by molar-refractivity contribution is 6.01. The Hall–Kier alpha value is -3.56. The van der Waals surface area contributed by atoms with Gasteiger partial charge in [0.05, 0.1) is 11.7 Å². The summed E-state index contributed by atoms with van der Waals surface area (Å²) in [5.41, 5.74) is 1.99. The summed E-state index contributed by atoms with van der Waals surface area (Å²) in [5.74, 6) is 0.287. The van der Waals surface area contributed by atoms with E-state index in [1.165, 1.54) is 11.0 Å². The average Bonchev–Trinajstić information content (AvgIpc) is 3.47. The van der Waals surface area contributed by atoms with Crippen molar-refractivity contribution in [2.24, 2.45) is 11.8 Å². The zero-order chi connectivity index (χ0) is 25.8. The second kappa shape index (κ2) is 9.08. The van der Waals surface area contributed by atoms with E-state index in [-0.39, 0.29) is 35.1 Å². The first-order chi connectivity index (χ1) is 17.8. The number of nitrogens with one attached hydrogen (secondary N) is 1. The molecule has 2 amide bonds. The summed E-state index contributed by atoms with van der Waals surface area (Å²) in [4.78, 5) is 44.8. The lowest BCUT2D eigenvalue weighted by molar-refractivity contribution is -0.120. The Morgan fingerprint density at radius 2 is 2.00 bits per heavy atom. The minimum Gasteiger partial charge on any atom is -0.337 e. The molecule has 0 saturated heterocycles. The van der Waals surface area contributed by atoms with Crippen molar-refractivity contribution >= 4 is 17.5 Å². The van der Waals surface area contributed by atoms with Gasteiger partial charge in [-0.25, -0.2) is 14.1 Å². The van der Waals surface area contributed by atoms with Crippen molar-refractivity contribution in [2.75, 3.05) is 11.9 Å². The van der Waals surface area contributed by atoms with E-state index < -0.39 is 11.9 Å². The van der Waals surface area contributed by atoms with E-state index in [0.29, 0.717) is 55.2 Å². The van der Waals surface area contributed by atoms with E-state index in [4.69, 9.17) is 0 Å². The number of aromatic nitrogens is 4. The monoisotopic (exact) mass is 506 g/mol. The number of allylic oxidation sites excluding steroid dienone is 4. The summed E-state index contributed by atoms with van der Waals surface area (Å²) in [6.45, 7) is 2.68. The normalized spacial score (nSPS) is 25.2. The van der Waals surface area contributed by atoms with Crippen molar-refractivity contribution in [3.8, 4) is 0 Å². The number of likely N-dealkylation sites (N-methyl/N-ethyl adjacent to an activating group) is 1. The number of pyridine rings is 1. The molecule has 2 aromatic heterocycles. The fraction of sp³-hybridized carbons (Fsp3) is 0.519. The molecule has 2 aromatic rings. The van der Waals surface area contributed by atoms with E-state index >= 15 is 0 Å². The molecular weight excluding hydrogens is 475 g/mol. The molecule has 9 nitrogen and oxygen atoms in total. The van der Waals surface area contributed by atoms with Crippen LogP contribution in [0.25, 0.3) is 0 Å². The predicted molar refractivity (Wildman–Crippen MR) is 135 cm³/mol. The van der Waals surface area contributed by atoms with Gasteiger partial charge in [0.2, 0.25) is 11.7 Å². The smallest absolute Gasteiger partial charge is 0.291 e. The van der Waals surface area contributed by atoms with Crippen LogP contribution in [0.4, 0.5) is 10.1 Å². The maximum atomic E-state index is 14.7. The van der Waals surface area contributed by atoms with Gasteiger partial charge in [0, 0.05) is 37.8 Å². The second-order valence-corrected chi connectivity index (χ2v) is 10.8. The van der Waals surface area contributed by atoms with Crippen molar-refractivity contribution in [2.45, 2.75) is 70.5 Å². The van der Waals surface area contributed by atoms with Gasteiger partial charge in [0.25, 0.3) is 11.5 Å². The Labute approximate surface area is 214 Å². The lowest BCUT2D eigenvalue weighted by atomic mass is 9.92. The number of rotatable bonds is 5. The van der Waals surface area contributed by atoms with E-state index in [0.717, 1.165) is 24.8 Å². The lowest BCUT2D eigenvalue weighted by Gasteiger charge is -2.22. The molecule has 2 aliphatic heterocycles. The molecular formula is C27H31FN6O3. The van der Waals surface area contributed by atoms with Gasteiger partial charge >= 0.3 is 0 Å². The van der Waals surface area contributed by atoms with Crippen molar-refractivity contribution in [3.05, 3.63) is 63.4 Å². The van der Waals surface area contributed by atoms with Gasteiger partial charge < -0.3 is 14.8 Å². The number of nitrogens with zero attached hydrogens (tertiary/aromatic N) is 5. The minimum atomic E-state index is -0.770. The predicted octanol–water partition coefficient (Wildman–Crippen LogP) is 2.86. The molecule has 0 aromatic carbocycles. The molecule has 2 aliphatic carbocycles. The molecule has 3 atom stereocenters. The van der Waals surface area contributed by atoms with Crippen LogP contribution in [0.1, 0.15) is 67.1 Å². The molecule has 0 radical (unpaired) electrons. The number of hydrogen-bond acceptors (Lipinski definition) is 5. The number of amides is 2. The summed E-state index contributed by atoms with van der Waals surface area (Å²) >= 11 is 0. The molecule has 1 fully saturated rings. The molecule has 37 heavy (non-hydrogen) atoms. The lowest BCUT2D eigenvalue weighted by Crippen LogP contribution is -2.47. The van der Waals surface area contributed by atoms with Crippen molar-refractivity contribution in [1.82, 2.24) is 24.6 Å². The SMILES string of the molecule is C[C@@H]1C=C(F)C([C@@H]2CCc3nc(C(=O)N[C@H]4CCc5cn(CC6CC6)c(=O)cc5N(C)C4=O)nn32)=CC1. The molecule has 10 heteroatoms. The van der Waals surface area contributed by atoms with E-state index in [9.17, 15) is 18.8 Å². The van der Waals surface area contributed by atoms with E-state index in [1.807, 2.05) is 19.2 Å². The van der Waals surface area contributed by atoms with Crippen LogP contribution in [0.15, 0.2) is 40.6 Å². The number of hydrogen-bond donors (Lipinski definition) is 1. The van der Waals surface area contributed by atoms with Crippen molar-refractivity contribution in [1.29, 1.82) is 0 Å². The third-order valence-electron chi connectivity index (χ3n) is 7.95. The molecule has 0 bridgehead atoms. The maximum Gasteiger partial charge on any atom is 0.291 e. The molecule has 194 valence electrons. The Bertz CT molecular complexity index is 1400. The highest BCUT2D eigenvalue weighted by atomic mass is 19.1. The van der Waals surface area contributed by atoms with Crippen LogP contribution >= 0.6 is 0 Å². The number of halogens is 1. The number of anilines is 1. The van der Waals surface area contributed by atoms with Crippen LogP contribution in [0, 0.1) is 11.8 Å². The van der Waals surface area contributed by atoms with Gasteiger partial charge in [0.1, 0.15) is 17.7 Å². The van der Waals surface area contributed by atoms with Crippen molar-refractivity contribution < 1.29 is 14.0 Å². The van der Waals surface area contributed by atoms with Crippen LogP contribution < -0.4 is 15.8 Å². The topological polar surface area (TPSA) is 102 Å². The first kappa shape index (κ1) is 23.8. The van der Waals surface area contributed by atoms with Gasteiger partial charge in [-0.2, -0.15) is 0 Å². The standard InChI is InChI=1S/C27H31FN6O3/c1-15-3-7-18(19(28)11-15)21-9-10-23-30-25(31-34(21)23)26(36)29-20-8-6-17-14-33(13-16-4-5-16)24(35)12-22(17)32(2)27(20)37/h7,11-12,14-16,20-21H,3-6,8-10,13H2,1-2H3,(H,29,36)/t15-,20-,21-/m0/s1. The van der Waals surface area contributed by atoms with Crippen molar-refractivity contribution in [3.63, 3.8) is 0 Å². The van der Waals surface area contributed by atoms with Gasteiger partial charge in [-0.3, -0.25) is 14.4 Å². The van der Waals surface area contributed by atoms with Gasteiger partial charge in [0.15, 0.2) is 0 Å². The Balaban J connectivity index is 1.18. The summed E-state index contributed by atoms with van der Waals surface area (Å²) in [6.07, 6.45) is 10.7. The highest BCUT2D eigenvalue weighted by Crippen LogP contribution is 2.38. The summed E-state index contributed by atoms with van der Waals surface area (Å²) < 4.78 is 18.0. The Morgan fingerprint density at radius 1 is 1.19 bits per heavy atom. The molecule has 0 spiro atoms. The van der Waals surface area contributed by atoms with Crippen LogP contribution in [-0.2, 0) is 24.2 Å². The molecule has 0 unspecified atom stereocenters. The fourth-order valence-electron chi connectivity index (χ4n) is 5.64. The minimum absolute atomic E-state index is 0.0183.